The van der Waals surface area contributed by atoms with Crippen molar-refractivity contribution in [3.8, 4) is 0 Å². The van der Waals surface area contributed by atoms with Gasteiger partial charge in [0.2, 0.25) is 0 Å². The molecule has 4 heteroatoms. The Morgan fingerprint density at radius 3 is 2.40 bits per heavy atom. The highest BCUT2D eigenvalue weighted by Crippen LogP contribution is 2.14. The molecule has 1 aromatic heterocycles. The first-order chi connectivity index (χ1) is 7.27. The molecule has 1 N–H and O–H groups in total. The van der Waals surface area contributed by atoms with Crippen molar-refractivity contribution in [2.24, 2.45) is 0 Å². The number of aliphatic hydroxyl groups excluding tert-OH is 1. The molecule has 84 valence electrons. The molecule has 15 heavy (non-hydrogen) atoms. The van der Waals surface area contributed by atoms with Crippen molar-refractivity contribution in [1.29, 1.82) is 0 Å². The van der Waals surface area contributed by atoms with E-state index < -0.39 is 6.10 Å². The number of hydrogen-bond donors (Lipinski definition) is 1. The number of nitrogens with zero attached hydrogens (tertiary/aromatic N) is 3. The number of aromatic nitrogens is 2. The van der Waals surface area contributed by atoms with Crippen molar-refractivity contribution >= 4 is 0 Å². The molecule has 0 aliphatic rings. The Bertz CT molecular complexity index is 262. The first-order valence-corrected chi connectivity index (χ1v) is 5.43. The van der Waals surface area contributed by atoms with E-state index in [0.29, 0.717) is 0 Å². The predicted octanol–water partition coefficient (Wildman–Crippen LogP) is 1.24. The SMILES string of the molecule is CCN(CC)CCC(O)c1cncnc1. The Morgan fingerprint density at radius 1 is 1.27 bits per heavy atom. The van der Waals surface area contributed by atoms with Crippen LogP contribution in [0, 0.1) is 0 Å². The molecule has 1 aromatic rings. The zero-order valence-corrected chi connectivity index (χ0v) is 9.43. The smallest absolute Gasteiger partial charge is 0.115 e. The van der Waals surface area contributed by atoms with Crippen LogP contribution in [0.3, 0.4) is 0 Å². The second kappa shape index (κ2) is 6.48. The molecule has 4 nitrogen and oxygen atoms in total. The van der Waals surface area contributed by atoms with Gasteiger partial charge in [-0.25, -0.2) is 9.97 Å². The van der Waals surface area contributed by atoms with Gasteiger partial charge in [-0.05, 0) is 19.5 Å². The third kappa shape index (κ3) is 3.93. The van der Waals surface area contributed by atoms with Crippen LogP contribution >= 0.6 is 0 Å². The summed E-state index contributed by atoms with van der Waals surface area (Å²) in [6.45, 7) is 7.20. The number of rotatable bonds is 6. The number of hydrogen-bond acceptors (Lipinski definition) is 4. The minimum absolute atomic E-state index is 0.452. The molecule has 0 aliphatic carbocycles. The van der Waals surface area contributed by atoms with Crippen molar-refractivity contribution in [3.63, 3.8) is 0 Å². The van der Waals surface area contributed by atoms with Gasteiger partial charge >= 0.3 is 0 Å². The largest absolute Gasteiger partial charge is 0.388 e. The minimum Gasteiger partial charge on any atom is -0.388 e. The van der Waals surface area contributed by atoms with Gasteiger partial charge in [0.25, 0.3) is 0 Å². The van der Waals surface area contributed by atoms with Gasteiger partial charge in [0, 0.05) is 24.5 Å². The van der Waals surface area contributed by atoms with Crippen molar-refractivity contribution in [1.82, 2.24) is 14.9 Å². The fourth-order valence-electron chi connectivity index (χ4n) is 1.49. The summed E-state index contributed by atoms with van der Waals surface area (Å²) in [5.41, 5.74) is 0.796. The van der Waals surface area contributed by atoms with Gasteiger partial charge in [-0.2, -0.15) is 0 Å². The average Bonchev–Trinajstić information content (AvgIpc) is 2.31. The molecule has 1 heterocycles. The monoisotopic (exact) mass is 209 g/mol. The lowest BCUT2D eigenvalue weighted by molar-refractivity contribution is 0.144. The highest BCUT2D eigenvalue weighted by atomic mass is 16.3. The van der Waals surface area contributed by atoms with E-state index in [1.165, 1.54) is 6.33 Å². The Hall–Kier alpha value is -1.00. The van der Waals surface area contributed by atoms with Crippen molar-refractivity contribution in [3.05, 3.63) is 24.3 Å². The second-order valence-corrected chi connectivity index (χ2v) is 3.50. The van der Waals surface area contributed by atoms with Crippen LogP contribution in [0.2, 0.25) is 0 Å². The summed E-state index contributed by atoms with van der Waals surface area (Å²) in [5, 5.41) is 9.85. The summed E-state index contributed by atoms with van der Waals surface area (Å²) in [6, 6.07) is 0. The normalized spacial score (nSPS) is 13.1. The fourth-order valence-corrected chi connectivity index (χ4v) is 1.49. The van der Waals surface area contributed by atoms with Crippen molar-refractivity contribution in [2.45, 2.75) is 26.4 Å². The van der Waals surface area contributed by atoms with Gasteiger partial charge in [0.1, 0.15) is 6.33 Å². The van der Waals surface area contributed by atoms with Crippen molar-refractivity contribution in [2.75, 3.05) is 19.6 Å². The third-order valence-corrected chi connectivity index (χ3v) is 2.58. The first-order valence-electron chi connectivity index (χ1n) is 5.43. The Balaban J connectivity index is 2.39. The van der Waals surface area contributed by atoms with E-state index in [1.54, 1.807) is 12.4 Å². The van der Waals surface area contributed by atoms with E-state index in [1.807, 2.05) is 0 Å². The molecular weight excluding hydrogens is 190 g/mol. The van der Waals surface area contributed by atoms with E-state index in [2.05, 4.69) is 28.7 Å². The van der Waals surface area contributed by atoms with E-state index in [-0.39, 0.29) is 0 Å². The van der Waals surface area contributed by atoms with Crippen LogP contribution < -0.4 is 0 Å². The highest BCUT2D eigenvalue weighted by Gasteiger charge is 2.09. The van der Waals surface area contributed by atoms with Crippen LogP contribution in [0.5, 0.6) is 0 Å². The summed E-state index contributed by atoms with van der Waals surface area (Å²) in [7, 11) is 0. The maximum absolute atomic E-state index is 9.85. The van der Waals surface area contributed by atoms with Crippen LogP contribution in [0.4, 0.5) is 0 Å². The summed E-state index contributed by atoms with van der Waals surface area (Å²) >= 11 is 0. The van der Waals surface area contributed by atoms with Crippen LogP contribution in [-0.4, -0.2) is 39.6 Å². The molecule has 0 spiro atoms. The van der Waals surface area contributed by atoms with E-state index >= 15 is 0 Å². The molecule has 0 bridgehead atoms. The molecule has 0 saturated carbocycles. The lowest BCUT2D eigenvalue weighted by Crippen LogP contribution is -2.25. The molecule has 0 saturated heterocycles. The Labute approximate surface area is 91.0 Å². The predicted molar refractivity (Wildman–Crippen MR) is 59.4 cm³/mol. The number of aliphatic hydroxyl groups is 1. The molecule has 1 unspecified atom stereocenters. The molecule has 0 amide bonds. The molecule has 0 aromatic carbocycles. The fraction of sp³-hybridized carbons (Fsp3) is 0.636. The summed E-state index contributed by atoms with van der Waals surface area (Å²) in [5.74, 6) is 0. The maximum Gasteiger partial charge on any atom is 0.115 e. The summed E-state index contributed by atoms with van der Waals surface area (Å²) in [4.78, 5) is 10.1. The topological polar surface area (TPSA) is 49.2 Å². The molecule has 0 aliphatic heterocycles. The van der Waals surface area contributed by atoms with Gasteiger partial charge in [0.05, 0.1) is 6.10 Å². The summed E-state index contributed by atoms with van der Waals surface area (Å²) in [6.07, 6.45) is 5.09. The molecule has 0 radical (unpaired) electrons. The standard InChI is InChI=1S/C11H19N3O/c1-3-14(4-2)6-5-11(15)10-7-12-9-13-8-10/h7-9,11,15H,3-6H2,1-2H3. The van der Waals surface area contributed by atoms with Crippen molar-refractivity contribution < 1.29 is 5.11 Å². The zero-order valence-electron chi connectivity index (χ0n) is 9.43. The maximum atomic E-state index is 9.85. The van der Waals surface area contributed by atoms with Gasteiger partial charge in [-0.15, -0.1) is 0 Å². The molecule has 1 atom stereocenters. The van der Waals surface area contributed by atoms with E-state index in [0.717, 1.165) is 31.6 Å². The molecule has 1 rings (SSSR count). The van der Waals surface area contributed by atoms with Gasteiger partial charge in [-0.1, -0.05) is 13.8 Å². The van der Waals surface area contributed by atoms with E-state index in [4.69, 9.17) is 0 Å². The Kier molecular flexibility index (Phi) is 5.21. The Morgan fingerprint density at radius 2 is 1.87 bits per heavy atom. The van der Waals surface area contributed by atoms with Crippen LogP contribution in [0.15, 0.2) is 18.7 Å². The highest BCUT2D eigenvalue weighted by molar-refractivity contribution is 5.06. The summed E-state index contributed by atoms with van der Waals surface area (Å²) < 4.78 is 0. The first kappa shape index (κ1) is 12.1. The van der Waals surface area contributed by atoms with Crippen LogP contribution in [0.1, 0.15) is 31.9 Å². The van der Waals surface area contributed by atoms with Gasteiger partial charge < -0.3 is 10.0 Å². The van der Waals surface area contributed by atoms with Crippen LogP contribution in [0.25, 0.3) is 0 Å². The average molecular weight is 209 g/mol. The van der Waals surface area contributed by atoms with Gasteiger partial charge in [-0.3, -0.25) is 0 Å². The minimum atomic E-state index is -0.452. The molecule has 0 fully saturated rings. The van der Waals surface area contributed by atoms with E-state index in [9.17, 15) is 5.11 Å². The van der Waals surface area contributed by atoms with Gasteiger partial charge in [0.15, 0.2) is 0 Å². The lowest BCUT2D eigenvalue weighted by Gasteiger charge is -2.19. The molecular formula is C11H19N3O. The quantitative estimate of drug-likeness (QED) is 0.766. The second-order valence-electron chi connectivity index (χ2n) is 3.50. The van der Waals surface area contributed by atoms with Crippen LogP contribution in [-0.2, 0) is 0 Å². The lowest BCUT2D eigenvalue weighted by atomic mass is 10.1. The zero-order chi connectivity index (χ0) is 11.1. The third-order valence-electron chi connectivity index (χ3n) is 2.58.